The number of rotatable bonds is 3. The minimum Gasteiger partial charge on any atom is -0.389 e. The average Bonchev–Trinajstić information content (AvgIpc) is 2.70. The lowest BCUT2D eigenvalue weighted by Gasteiger charge is -2.13. The highest BCUT2D eigenvalue weighted by Crippen LogP contribution is 2.20. The third kappa shape index (κ3) is 1.83. The van der Waals surface area contributed by atoms with Gasteiger partial charge in [0.2, 0.25) is 0 Å². The highest BCUT2D eigenvalue weighted by atomic mass is 32.1. The zero-order valence-corrected chi connectivity index (χ0v) is 8.75. The van der Waals surface area contributed by atoms with Crippen molar-refractivity contribution in [3.63, 3.8) is 0 Å². The van der Waals surface area contributed by atoms with Crippen molar-refractivity contribution in [2.45, 2.75) is 12.2 Å². The van der Waals surface area contributed by atoms with Crippen molar-refractivity contribution in [2.24, 2.45) is 0 Å². The van der Waals surface area contributed by atoms with Gasteiger partial charge in [-0.3, -0.25) is 0 Å². The topological polar surface area (TPSA) is 70.7 Å². The average molecular weight is 225 g/mol. The van der Waals surface area contributed by atoms with E-state index >= 15 is 0 Å². The first kappa shape index (κ1) is 10.4. The summed E-state index contributed by atoms with van der Waals surface area (Å²) in [5.41, 5.74) is 1.06. The molecule has 0 radical (unpaired) electrons. The quantitative estimate of drug-likeness (QED) is 0.646. The third-order valence-electron chi connectivity index (χ3n) is 2.18. The number of hydrogen-bond acceptors (Lipinski definition) is 5. The second kappa shape index (κ2) is 4.18. The summed E-state index contributed by atoms with van der Waals surface area (Å²) in [4.78, 5) is 4.08. The van der Waals surface area contributed by atoms with Crippen molar-refractivity contribution in [2.75, 3.05) is 5.75 Å². The van der Waals surface area contributed by atoms with E-state index in [-0.39, 0.29) is 5.75 Å². The van der Waals surface area contributed by atoms with Crippen LogP contribution < -0.4 is 0 Å². The lowest BCUT2D eigenvalue weighted by atomic mass is 10.1. The molecule has 0 saturated carbocycles. The van der Waals surface area contributed by atoms with Crippen LogP contribution in [0.4, 0.5) is 0 Å². The number of nitrogens with zero attached hydrogens (tertiary/aromatic N) is 3. The van der Waals surface area contributed by atoms with E-state index in [1.54, 1.807) is 23.0 Å². The number of fused-ring (bicyclic) bond motifs is 1. The lowest BCUT2D eigenvalue weighted by Crippen LogP contribution is -2.19. The van der Waals surface area contributed by atoms with E-state index in [1.807, 2.05) is 0 Å². The van der Waals surface area contributed by atoms with Crippen LogP contribution in [-0.2, 0) is 0 Å². The maximum absolute atomic E-state index is 9.78. The number of thiol groups is 1. The van der Waals surface area contributed by atoms with Gasteiger partial charge in [-0.05, 0) is 6.07 Å². The molecule has 0 aliphatic heterocycles. The summed E-state index contributed by atoms with van der Waals surface area (Å²) in [6.45, 7) is 0. The molecule has 5 nitrogen and oxygen atoms in total. The molecule has 0 spiro atoms. The van der Waals surface area contributed by atoms with Crippen molar-refractivity contribution in [1.29, 1.82) is 0 Å². The van der Waals surface area contributed by atoms with E-state index in [2.05, 4.69) is 22.7 Å². The van der Waals surface area contributed by atoms with Crippen molar-refractivity contribution < 1.29 is 10.2 Å². The summed E-state index contributed by atoms with van der Waals surface area (Å²) < 4.78 is 1.55. The minimum atomic E-state index is -1.00. The van der Waals surface area contributed by atoms with Crippen LogP contribution in [0.2, 0.25) is 0 Å². The molecule has 0 bridgehead atoms. The zero-order chi connectivity index (χ0) is 10.8. The molecule has 0 fully saturated rings. The van der Waals surface area contributed by atoms with Gasteiger partial charge in [0.1, 0.15) is 6.10 Å². The van der Waals surface area contributed by atoms with Gasteiger partial charge in [-0.25, -0.2) is 9.50 Å². The highest BCUT2D eigenvalue weighted by Gasteiger charge is 2.21. The van der Waals surface area contributed by atoms with Crippen molar-refractivity contribution in [3.8, 4) is 0 Å². The predicted molar refractivity (Wildman–Crippen MR) is 57.8 cm³/mol. The Hall–Kier alpha value is -1.11. The second-order valence-corrected chi connectivity index (χ2v) is 3.55. The Morgan fingerprint density at radius 1 is 1.47 bits per heavy atom. The molecule has 0 saturated heterocycles. The van der Waals surface area contributed by atoms with Gasteiger partial charge < -0.3 is 10.2 Å². The maximum atomic E-state index is 9.78. The van der Waals surface area contributed by atoms with Gasteiger partial charge in [-0.1, -0.05) is 0 Å². The summed E-state index contributed by atoms with van der Waals surface area (Å²) in [5.74, 6) is 0.186. The molecule has 2 aromatic rings. The van der Waals surface area contributed by atoms with Crippen LogP contribution in [0.3, 0.4) is 0 Å². The molecule has 2 aromatic heterocycles. The van der Waals surface area contributed by atoms with Crippen LogP contribution in [0.15, 0.2) is 24.7 Å². The van der Waals surface area contributed by atoms with E-state index in [1.165, 1.54) is 6.20 Å². The maximum Gasteiger partial charge on any atom is 0.160 e. The SMILES string of the molecule is OC(CS)C(O)c1cnn2cccnc12. The molecule has 0 aliphatic rings. The molecule has 80 valence electrons. The van der Waals surface area contributed by atoms with Gasteiger partial charge >= 0.3 is 0 Å². The Bertz CT molecular complexity index is 459. The van der Waals surface area contributed by atoms with Gasteiger partial charge in [0.15, 0.2) is 5.65 Å². The first-order valence-corrected chi connectivity index (χ1v) is 5.12. The smallest absolute Gasteiger partial charge is 0.160 e. The fourth-order valence-electron chi connectivity index (χ4n) is 1.36. The van der Waals surface area contributed by atoms with Crippen LogP contribution >= 0.6 is 12.6 Å². The van der Waals surface area contributed by atoms with Gasteiger partial charge in [-0.15, -0.1) is 0 Å². The summed E-state index contributed by atoms with van der Waals surface area (Å²) in [6.07, 6.45) is 2.92. The number of aromatic nitrogens is 3. The minimum absolute atomic E-state index is 0.186. The Labute approximate surface area is 91.8 Å². The third-order valence-corrected chi connectivity index (χ3v) is 2.55. The molecule has 2 unspecified atom stereocenters. The molecular formula is C9H11N3O2S. The normalized spacial score (nSPS) is 15.4. The van der Waals surface area contributed by atoms with Crippen molar-refractivity contribution >= 4 is 18.3 Å². The number of aliphatic hydroxyl groups excluding tert-OH is 2. The lowest BCUT2D eigenvalue weighted by molar-refractivity contribution is 0.0345. The van der Waals surface area contributed by atoms with Gasteiger partial charge in [0.25, 0.3) is 0 Å². The van der Waals surface area contributed by atoms with Crippen LogP contribution in [-0.4, -0.2) is 36.7 Å². The van der Waals surface area contributed by atoms with E-state index in [4.69, 9.17) is 0 Å². The van der Waals surface area contributed by atoms with Crippen LogP contribution in [0, 0.1) is 0 Å². The largest absolute Gasteiger partial charge is 0.389 e. The van der Waals surface area contributed by atoms with E-state index in [9.17, 15) is 10.2 Å². The second-order valence-electron chi connectivity index (χ2n) is 3.18. The molecule has 6 heteroatoms. The zero-order valence-electron chi connectivity index (χ0n) is 7.85. The molecular weight excluding hydrogens is 214 g/mol. The summed E-state index contributed by atoms with van der Waals surface area (Å²) in [7, 11) is 0. The molecule has 15 heavy (non-hydrogen) atoms. The first-order valence-electron chi connectivity index (χ1n) is 4.49. The number of hydrogen-bond donors (Lipinski definition) is 3. The monoisotopic (exact) mass is 225 g/mol. The number of aliphatic hydroxyl groups is 2. The van der Waals surface area contributed by atoms with Crippen molar-refractivity contribution in [3.05, 3.63) is 30.2 Å². The molecule has 2 heterocycles. The highest BCUT2D eigenvalue weighted by molar-refractivity contribution is 7.80. The summed E-state index contributed by atoms with van der Waals surface area (Å²) in [5, 5.41) is 23.3. The fraction of sp³-hybridized carbons (Fsp3) is 0.333. The van der Waals surface area contributed by atoms with Gasteiger partial charge in [0, 0.05) is 23.7 Å². The Kier molecular flexibility index (Phi) is 2.90. The molecule has 2 atom stereocenters. The molecule has 2 rings (SSSR count). The Morgan fingerprint density at radius 2 is 2.27 bits per heavy atom. The Balaban J connectivity index is 2.43. The fourth-order valence-corrected chi connectivity index (χ4v) is 1.56. The van der Waals surface area contributed by atoms with Crippen LogP contribution in [0.5, 0.6) is 0 Å². The van der Waals surface area contributed by atoms with E-state index in [0.29, 0.717) is 11.2 Å². The standard InChI is InChI=1S/C9H11N3O2S/c13-7(5-15)8(14)6-4-11-12-3-1-2-10-9(6)12/h1-4,7-8,13-15H,5H2. The van der Waals surface area contributed by atoms with Crippen molar-refractivity contribution in [1.82, 2.24) is 14.6 Å². The van der Waals surface area contributed by atoms with E-state index < -0.39 is 12.2 Å². The summed E-state index contributed by atoms with van der Waals surface area (Å²) in [6, 6.07) is 1.74. The molecule has 0 aliphatic carbocycles. The molecule has 0 amide bonds. The van der Waals surface area contributed by atoms with Gasteiger partial charge in [0.05, 0.1) is 12.3 Å². The van der Waals surface area contributed by atoms with Crippen LogP contribution in [0.1, 0.15) is 11.7 Å². The van der Waals surface area contributed by atoms with Crippen LogP contribution in [0.25, 0.3) is 5.65 Å². The van der Waals surface area contributed by atoms with E-state index in [0.717, 1.165) is 0 Å². The molecule has 0 aromatic carbocycles. The molecule has 2 N–H and O–H groups in total. The summed E-state index contributed by atoms with van der Waals surface area (Å²) >= 11 is 3.92. The first-order chi connectivity index (χ1) is 7.24. The Morgan fingerprint density at radius 3 is 3.00 bits per heavy atom. The van der Waals surface area contributed by atoms with Gasteiger partial charge in [-0.2, -0.15) is 17.7 Å². The predicted octanol–water partition coefficient (Wildman–Crippen LogP) is 0.0534.